The molecule has 2 rings (SSSR count). The van der Waals surface area contributed by atoms with Crippen molar-refractivity contribution in [1.29, 1.82) is 0 Å². The third-order valence-corrected chi connectivity index (χ3v) is 3.46. The minimum absolute atomic E-state index is 0.00849. The minimum Gasteiger partial charge on any atom is -0.385 e. The summed E-state index contributed by atoms with van der Waals surface area (Å²) in [4.78, 5) is 27.2. The van der Waals surface area contributed by atoms with Crippen LogP contribution in [0.3, 0.4) is 0 Å². The van der Waals surface area contributed by atoms with Crippen molar-refractivity contribution in [2.24, 2.45) is 0 Å². The van der Waals surface area contributed by atoms with Gasteiger partial charge in [-0.2, -0.15) is 0 Å². The largest absolute Gasteiger partial charge is 0.385 e. The van der Waals surface area contributed by atoms with Gasteiger partial charge in [0.2, 0.25) is 5.91 Å². The van der Waals surface area contributed by atoms with E-state index >= 15 is 0 Å². The molecule has 0 bridgehead atoms. The predicted octanol–water partition coefficient (Wildman–Crippen LogP) is 1.42. The maximum atomic E-state index is 12.3. The number of nitrogens with zero attached hydrogens (tertiary/aromatic N) is 2. The first-order chi connectivity index (χ1) is 9.61. The summed E-state index contributed by atoms with van der Waals surface area (Å²) in [7, 11) is 1.76. The first-order valence-electron chi connectivity index (χ1n) is 6.99. The van der Waals surface area contributed by atoms with Gasteiger partial charge in [0.25, 0.3) is 5.91 Å². The summed E-state index contributed by atoms with van der Waals surface area (Å²) < 4.78 is 0. The highest BCUT2D eigenvalue weighted by atomic mass is 16.2. The predicted molar refractivity (Wildman–Crippen MR) is 78.8 cm³/mol. The van der Waals surface area contributed by atoms with Gasteiger partial charge in [0.1, 0.15) is 6.54 Å². The Labute approximate surface area is 119 Å². The topological polar surface area (TPSA) is 52.7 Å². The lowest BCUT2D eigenvalue weighted by Crippen LogP contribution is -2.50. The molecule has 20 heavy (non-hydrogen) atoms. The summed E-state index contributed by atoms with van der Waals surface area (Å²) in [5.74, 6) is -0.0840. The molecule has 0 aromatic heterocycles. The zero-order valence-corrected chi connectivity index (χ0v) is 12.1. The minimum atomic E-state index is -0.0755. The molecule has 0 aliphatic carbocycles. The maximum Gasteiger partial charge on any atom is 0.254 e. The van der Waals surface area contributed by atoms with Crippen LogP contribution < -0.4 is 5.32 Å². The molecule has 2 amide bonds. The van der Waals surface area contributed by atoms with Gasteiger partial charge in [0, 0.05) is 37.9 Å². The lowest BCUT2D eigenvalue weighted by molar-refractivity contribution is -0.133. The fraction of sp³-hybridized carbons (Fsp3) is 0.467. The molecule has 1 aromatic carbocycles. The molecule has 1 aliphatic heterocycles. The van der Waals surface area contributed by atoms with Crippen LogP contribution in [0.4, 0.5) is 5.69 Å². The number of hydrogen-bond acceptors (Lipinski definition) is 3. The Bertz CT molecular complexity index is 484. The van der Waals surface area contributed by atoms with Gasteiger partial charge < -0.3 is 15.1 Å². The van der Waals surface area contributed by atoms with E-state index in [0.717, 1.165) is 18.7 Å². The van der Waals surface area contributed by atoms with Crippen LogP contribution in [-0.2, 0) is 4.79 Å². The molecule has 108 valence electrons. The van der Waals surface area contributed by atoms with Crippen molar-refractivity contribution in [3.63, 3.8) is 0 Å². The maximum absolute atomic E-state index is 12.3. The van der Waals surface area contributed by atoms with Crippen LogP contribution in [0.2, 0.25) is 0 Å². The van der Waals surface area contributed by atoms with E-state index in [-0.39, 0.29) is 18.4 Å². The Hall–Kier alpha value is -2.04. The number of nitrogens with one attached hydrogen (secondary N) is 1. The van der Waals surface area contributed by atoms with E-state index in [1.54, 1.807) is 16.8 Å². The van der Waals surface area contributed by atoms with Crippen LogP contribution in [0.5, 0.6) is 0 Å². The second-order valence-corrected chi connectivity index (χ2v) is 5.05. The highest BCUT2D eigenvalue weighted by Crippen LogP contribution is 2.13. The van der Waals surface area contributed by atoms with Crippen LogP contribution >= 0.6 is 0 Å². The Morgan fingerprint density at radius 2 is 1.95 bits per heavy atom. The number of likely N-dealkylation sites (N-methyl/N-ethyl adjacent to an activating group) is 1. The molecule has 1 saturated heterocycles. The van der Waals surface area contributed by atoms with Gasteiger partial charge in [-0.25, -0.2) is 0 Å². The molecule has 5 nitrogen and oxygen atoms in total. The van der Waals surface area contributed by atoms with Crippen LogP contribution in [-0.4, -0.2) is 54.8 Å². The molecule has 0 saturated carbocycles. The summed E-state index contributed by atoms with van der Waals surface area (Å²) >= 11 is 0. The number of carbonyl (C=O) groups is 2. The molecule has 0 unspecified atom stereocenters. The lowest BCUT2D eigenvalue weighted by atomic mass is 10.1. The highest BCUT2D eigenvalue weighted by Gasteiger charge is 2.25. The van der Waals surface area contributed by atoms with E-state index < -0.39 is 0 Å². The Morgan fingerprint density at radius 1 is 1.25 bits per heavy atom. The van der Waals surface area contributed by atoms with Gasteiger partial charge in [-0.3, -0.25) is 9.59 Å². The number of hydrogen-bond donors (Lipinski definition) is 1. The summed E-state index contributed by atoms with van der Waals surface area (Å²) in [6.45, 7) is 4.39. The summed E-state index contributed by atoms with van der Waals surface area (Å²) in [5, 5.41) is 3.27. The summed E-state index contributed by atoms with van der Waals surface area (Å²) in [6, 6.07) is 7.42. The highest BCUT2D eigenvalue weighted by molar-refractivity contribution is 5.97. The van der Waals surface area contributed by atoms with Crippen LogP contribution in [0.15, 0.2) is 24.3 Å². The Morgan fingerprint density at radius 3 is 2.55 bits per heavy atom. The molecule has 1 aliphatic rings. The molecule has 5 heteroatoms. The number of carbonyl (C=O) groups excluding carboxylic acids is 2. The molecule has 1 aromatic rings. The number of benzene rings is 1. The standard InChI is InChI=1S/C15H21N3O2/c1-3-8-16-13-6-4-12(5-7-13)15(20)18-10-9-17(2)14(19)11-18/h4-7,16H,3,8-11H2,1-2H3. The van der Waals surface area contributed by atoms with Gasteiger partial charge in [-0.15, -0.1) is 0 Å². The monoisotopic (exact) mass is 275 g/mol. The van der Waals surface area contributed by atoms with E-state index in [9.17, 15) is 9.59 Å². The second-order valence-electron chi connectivity index (χ2n) is 5.05. The van der Waals surface area contributed by atoms with Crippen molar-refractivity contribution in [3.05, 3.63) is 29.8 Å². The fourth-order valence-corrected chi connectivity index (χ4v) is 2.11. The summed E-state index contributed by atoms with van der Waals surface area (Å²) in [5.41, 5.74) is 1.64. The molecular weight excluding hydrogens is 254 g/mol. The molecule has 0 spiro atoms. The van der Waals surface area contributed by atoms with Crippen molar-refractivity contribution >= 4 is 17.5 Å². The van der Waals surface area contributed by atoms with Crippen molar-refractivity contribution in [3.8, 4) is 0 Å². The van der Waals surface area contributed by atoms with Crippen molar-refractivity contribution in [2.45, 2.75) is 13.3 Å². The number of piperazine rings is 1. The van der Waals surface area contributed by atoms with E-state index in [1.165, 1.54) is 0 Å². The van der Waals surface area contributed by atoms with Gasteiger partial charge in [0.05, 0.1) is 0 Å². The zero-order valence-electron chi connectivity index (χ0n) is 12.1. The second kappa shape index (κ2) is 6.41. The van der Waals surface area contributed by atoms with Crippen LogP contribution in [0, 0.1) is 0 Å². The smallest absolute Gasteiger partial charge is 0.254 e. The first-order valence-corrected chi connectivity index (χ1v) is 6.99. The average molecular weight is 275 g/mol. The van der Waals surface area contributed by atoms with Crippen LogP contribution in [0.1, 0.15) is 23.7 Å². The third kappa shape index (κ3) is 3.29. The van der Waals surface area contributed by atoms with Crippen LogP contribution in [0.25, 0.3) is 0 Å². The van der Waals surface area contributed by atoms with Gasteiger partial charge in [-0.05, 0) is 30.7 Å². The number of rotatable bonds is 4. The fourth-order valence-electron chi connectivity index (χ4n) is 2.11. The number of anilines is 1. The molecule has 1 fully saturated rings. The Balaban J connectivity index is 2.00. The third-order valence-electron chi connectivity index (χ3n) is 3.46. The van der Waals surface area contributed by atoms with Crippen molar-refractivity contribution < 1.29 is 9.59 Å². The average Bonchev–Trinajstić information content (AvgIpc) is 2.48. The van der Waals surface area contributed by atoms with E-state index in [4.69, 9.17) is 0 Å². The van der Waals surface area contributed by atoms with Crippen molar-refractivity contribution in [1.82, 2.24) is 9.80 Å². The zero-order chi connectivity index (χ0) is 14.5. The number of amides is 2. The normalized spacial score (nSPS) is 15.4. The van der Waals surface area contributed by atoms with Gasteiger partial charge >= 0.3 is 0 Å². The lowest BCUT2D eigenvalue weighted by Gasteiger charge is -2.32. The molecule has 1 N–H and O–H groups in total. The molecule has 0 atom stereocenters. The van der Waals surface area contributed by atoms with Gasteiger partial charge in [-0.1, -0.05) is 6.92 Å². The molecule has 1 heterocycles. The SMILES string of the molecule is CCCNc1ccc(C(=O)N2CCN(C)C(=O)C2)cc1. The van der Waals surface area contributed by atoms with Crippen molar-refractivity contribution in [2.75, 3.05) is 38.5 Å². The molecule has 0 radical (unpaired) electrons. The first kappa shape index (κ1) is 14.4. The van der Waals surface area contributed by atoms with E-state index in [0.29, 0.717) is 18.7 Å². The quantitative estimate of drug-likeness (QED) is 0.904. The Kier molecular flexibility index (Phi) is 4.61. The van der Waals surface area contributed by atoms with E-state index in [2.05, 4.69) is 12.2 Å². The van der Waals surface area contributed by atoms with E-state index in [1.807, 2.05) is 24.3 Å². The van der Waals surface area contributed by atoms with Gasteiger partial charge in [0.15, 0.2) is 0 Å². The summed E-state index contributed by atoms with van der Waals surface area (Å²) in [6.07, 6.45) is 1.06. The molecular formula is C15H21N3O2.